The van der Waals surface area contributed by atoms with Crippen molar-refractivity contribution in [3.63, 3.8) is 0 Å². The molecule has 0 radical (unpaired) electrons. The van der Waals surface area contributed by atoms with Crippen LogP contribution in [-0.2, 0) is 0 Å². The third-order valence-electron chi connectivity index (χ3n) is 4.44. The molecule has 0 aromatic heterocycles. The van der Waals surface area contributed by atoms with Crippen LogP contribution in [0.15, 0.2) is 24.3 Å². The lowest BCUT2D eigenvalue weighted by Crippen LogP contribution is -2.37. The van der Waals surface area contributed by atoms with Crippen molar-refractivity contribution in [2.24, 2.45) is 5.73 Å². The van der Waals surface area contributed by atoms with Crippen LogP contribution in [0.5, 0.6) is 0 Å². The van der Waals surface area contributed by atoms with Crippen molar-refractivity contribution in [3.8, 4) is 0 Å². The topological polar surface area (TPSA) is 29.3 Å². The molecule has 2 rings (SSSR count). The lowest BCUT2D eigenvalue weighted by Gasteiger charge is -2.37. The first-order valence-electron chi connectivity index (χ1n) is 7.89. The van der Waals surface area contributed by atoms with E-state index in [1.54, 1.807) is 0 Å². The molecule has 1 aromatic rings. The molecule has 2 nitrogen and oxygen atoms in total. The van der Waals surface area contributed by atoms with Crippen LogP contribution in [-0.4, -0.2) is 12.6 Å². The van der Waals surface area contributed by atoms with Gasteiger partial charge < -0.3 is 10.6 Å². The van der Waals surface area contributed by atoms with Gasteiger partial charge in [0, 0.05) is 24.3 Å². The van der Waals surface area contributed by atoms with Gasteiger partial charge in [-0.3, -0.25) is 0 Å². The van der Waals surface area contributed by atoms with E-state index in [-0.39, 0.29) is 6.04 Å². The van der Waals surface area contributed by atoms with E-state index in [1.807, 2.05) is 0 Å². The fourth-order valence-electron chi connectivity index (χ4n) is 3.30. The Morgan fingerprint density at radius 1 is 1.16 bits per heavy atom. The van der Waals surface area contributed by atoms with Gasteiger partial charge in [-0.1, -0.05) is 44.4 Å². The quantitative estimate of drug-likeness (QED) is 0.857. The van der Waals surface area contributed by atoms with E-state index < -0.39 is 0 Å². The molecule has 1 aromatic carbocycles. The van der Waals surface area contributed by atoms with E-state index in [2.05, 4.69) is 43.0 Å². The first-order chi connectivity index (χ1) is 9.27. The van der Waals surface area contributed by atoms with Crippen molar-refractivity contribution < 1.29 is 0 Å². The Morgan fingerprint density at radius 2 is 1.84 bits per heavy atom. The number of anilines is 1. The molecule has 106 valence electrons. The van der Waals surface area contributed by atoms with E-state index in [9.17, 15) is 0 Å². The van der Waals surface area contributed by atoms with Gasteiger partial charge in [0.05, 0.1) is 0 Å². The summed E-state index contributed by atoms with van der Waals surface area (Å²) in [4.78, 5) is 2.59. The summed E-state index contributed by atoms with van der Waals surface area (Å²) in [6, 6.07) is 9.59. The molecule has 0 saturated heterocycles. The number of nitrogens with zero attached hydrogens (tertiary/aromatic N) is 1. The van der Waals surface area contributed by atoms with Gasteiger partial charge in [-0.2, -0.15) is 0 Å². The van der Waals surface area contributed by atoms with Crippen molar-refractivity contribution in [2.45, 2.75) is 64.5 Å². The van der Waals surface area contributed by atoms with Gasteiger partial charge in [0.2, 0.25) is 0 Å². The average molecular weight is 260 g/mol. The summed E-state index contributed by atoms with van der Waals surface area (Å²) in [5, 5.41) is 0. The highest BCUT2D eigenvalue weighted by molar-refractivity contribution is 5.55. The summed E-state index contributed by atoms with van der Waals surface area (Å²) in [7, 11) is 0. The molecule has 0 spiro atoms. The van der Waals surface area contributed by atoms with Gasteiger partial charge in [0.15, 0.2) is 0 Å². The Balaban J connectivity index is 2.26. The summed E-state index contributed by atoms with van der Waals surface area (Å²) >= 11 is 0. The molecule has 1 unspecified atom stereocenters. The zero-order chi connectivity index (χ0) is 13.7. The molecule has 1 atom stereocenters. The first-order valence-corrected chi connectivity index (χ1v) is 7.89. The maximum Gasteiger partial charge on any atom is 0.0417 e. The third kappa shape index (κ3) is 3.30. The van der Waals surface area contributed by atoms with Crippen LogP contribution in [0.3, 0.4) is 0 Å². The van der Waals surface area contributed by atoms with Gasteiger partial charge in [0.1, 0.15) is 0 Å². The fraction of sp³-hybridized carbons (Fsp3) is 0.647. The summed E-state index contributed by atoms with van der Waals surface area (Å²) in [5.41, 5.74) is 8.97. The Bertz CT molecular complexity index is 383. The molecule has 0 heterocycles. The van der Waals surface area contributed by atoms with Gasteiger partial charge in [-0.05, 0) is 37.8 Å². The Labute approximate surface area is 118 Å². The van der Waals surface area contributed by atoms with E-state index in [0.717, 1.165) is 13.0 Å². The second-order valence-electron chi connectivity index (χ2n) is 5.65. The lowest BCUT2D eigenvalue weighted by atomic mass is 9.92. The SMILES string of the molecule is CCC(N)c1ccccc1N(CC)C1CCCCC1. The minimum Gasteiger partial charge on any atom is -0.369 e. The van der Waals surface area contributed by atoms with Crippen LogP contribution < -0.4 is 10.6 Å². The Hall–Kier alpha value is -1.02. The highest BCUT2D eigenvalue weighted by Gasteiger charge is 2.22. The molecule has 2 N–H and O–H groups in total. The van der Waals surface area contributed by atoms with Crippen molar-refractivity contribution in [1.82, 2.24) is 0 Å². The van der Waals surface area contributed by atoms with E-state index in [4.69, 9.17) is 5.73 Å². The summed E-state index contributed by atoms with van der Waals surface area (Å²) in [5.74, 6) is 0. The standard InChI is InChI=1S/C17H28N2/c1-3-16(18)15-12-8-9-13-17(15)19(4-2)14-10-6-5-7-11-14/h8-9,12-14,16H,3-7,10-11,18H2,1-2H3. The number of nitrogens with two attached hydrogens (primary N) is 1. The van der Waals surface area contributed by atoms with Crippen molar-refractivity contribution >= 4 is 5.69 Å². The zero-order valence-corrected chi connectivity index (χ0v) is 12.4. The molecule has 1 aliphatic rings. The highest BCUT2D eigenvalue weighted by atomic mass is 15.2. The van der Waals surface area contributed by atoms with Gasteiger partial charge >= 0.3 is 0 Å². The van der Waals surface area contributed by atoms with Crippen molar-refractivity contribution in [2.75, 3.05) is 11.4 Å². The van der Waals surface area contributed by atoms with E-state index >= 15 is 0 Å². The maximum atomic E-state index is 6.29. The summed E-state index contributed by atoms with van der Waals surface area (Å²) < 4.78 is 0. The largest absolute Gasteiger partial charge is 0.369 e. The molecule has 1 aliphatic carbocycles. The Kier molecular flexibility index (Phi) is 5.26. The average Bonchev–Trinajstić information content (AvgIpc) is 2.49. The number of rotatable bonds is 5. The number of benzene rings is 1. The fourth-order valence-corrected chi connectivity index (χ4v) is 3.30. The first kappa shape index (κ1) is 14.4. The lowest BCUT2D eigenvalue weighted by molar-refractivity contribution is 0.417. The molecule has 0 aliphatic heterocycles. The molecule has 0 amide bonds. The zero-order valence-electron chi connectivity index (χ0n) is 12.4. The molecule has 2 heteroatoms. The normalized spacial score (nSPS) is 18.3. The molecule has 19 heavy (non-hydrogen) atoms. The van der Waals surface area contributed by atoms with Gasteiger partial charge in [-0.15, -0.1) is 0 Å². The predicted molar refractivity (Wildman–Crippen MR) is 83.6 cm³/mol. The maximum absolute atomic E-state index is 6.29. The highest BCUT2D eigenvalue weighted by Crippen LogP contribution is 2.32. The van der Waals surface area contributed by atoms with Crippen LogP contribution >= 0.6 is 0 Å². The van der Waals surface area contributed by atoms with Crippen molar-refractivity contribution in [3.05, 3.63) is 29.8 Å². The molecular weight excluding hydrogens is 232 g/mol. The van der Waals surface area contributed by atoms with Crippen LogP contribution in [0.4, 0.5) is 5.69 Å². The van der Waals surface area contributed by atoms with Crippen LogP contribution in [0, 0.1) is 0 Å². The number of hydrogen-bond acceptors (Lipinski definition) is 2. The molecular formula is C17H28N2. The minimum absolute atomic E-state index is 0.161. The van der Waals surface area contributed by atoms with E-state index in [1.165, 1.54) is 43.4 Å². The van der Waals surface area contributed by atoms with E-state index in [0.29, 0.717) is 6.04 Å². The molecule has 0 bridgehead atoms. The number of para-hydroxylation sites is 1. The van der Waals surface area contributed by atoms with Gasteiger partial charge in [0.25, 0.3) is 0 Å². The molecule has 1 saturated carbocycles. The predicted octanol–water partition coefficient (Wildman–Crippen LogP) is 4.26. The molecule has 1 fully saturated rings. The number of hydrogen-bond donors (Lipinski definition) is 1. The minimum atomic E-state index is 0.161. The van der Waals surface area contributed by atoms with Gasteiger partial charge in [-0.25, -0.2) is 0 Å². The third-order valence-corrected chi connectivity index (χ3v) is 4.44. The smallest absolute Gasteiger partial charge is 0.0417 e. The second-order valence-corrected chi connectivity index (χ2v) is 5.65. The van der Waals surface area contributed by atoms with Crippen LogP contribution in [0.25, 0.3) is 0 Å². The summed E-state index contributed by atoms with van der Waals surface area (Å²) in [6.07, 6.45) is 7.84. The monoisotopic (exact) mass is 260 g/mol. The van der Waals surface area contributed by atoms with Crippen molar-refractivity contribution in [1.29, 1.82) is 0 Å². The second kappa shape index (κ2) is 6.95. The Morgan fingerprint density at radius 3 is 2.47 bits per heavy atom. The van der Waals surface area contributed by atoms with Crippen LogP contribution in [0.2, 0.25) is 0 Å². The van der Waals surface area contributed by atoms with Crippen LogP contribution in [0.1, 0.15) is 64.0 Å². The summed E-state index contributed by atoms with van der Waals surface area (Å²) in [6.45, 7) is 5.51.